The molecule has 1 aliphatic heterocycles. The number of nitrogens with zero attached hydrogens (tertiary/aromatic N) is 3. The van der Waals surface area contributed by atoms with Crippen molar-refractivity contribution in [2.75, 3.05) is 31.3 Å². The molecular weight excluding hydrogens is 305 g/mol. The van der Waals surface area contributed by atoms with Crippen molar-refractivity contribution in [2.24, 2.45) is 0 Å². The molecule has 1 fully saturated rings. The number of hydrogen-bond acceptors (Lipinski definition) is 5. The van der Waals surface area contributed by atoms with Crippen LogP contribution in [-0.2, 0) is 4.74 Å². The summed E-state index contributed by atoms with van der Waals surface area (Å²) in [6, 6.07) is 1.34. The first-order chi connectivity index (χ1) is 9.59. The van der Waals surface area contributed by atoms with Crippen molar-refractivity contribution in [1.82, 2.24) is 9.66 Å². The van der Waals surface area contributed by atoms with Gasteiger partial charge in [0.2, 0.25) is 0 Å². The molecule has 6 nitrogen and oxygen atoms in total. The average molecular weight is 316 g/mol. The molecule has 1 aliphatic rings. The smallest absolute Gasteiger partial charge is 0.281 e. The van der Waals surface area contributed by atoms with Gasteiger partial charge in [0.1, 0.15) is 11.8 Å². The van der Waals surface area contributed by atoms with Gasteiger partial charge >= 0.3 is 0 Å². The first kappa shape index (κ1) is 13.5. The Morgan fingerprint density at radius 2 is 1.95 bits per heavy atom. The SMILES string of the molecule is O=c1c2c(Cl)cc(Cl)c(O)c2ncn1N1CCOCC1. The van der Waals surface area contributed by atoms with Gasteiger partial charge in [-0.2, -0.15) is 0 Å². The van der Waals surface area contributed by atoms with Crippen molar-refractivity contribution in [3.8, 4) is 5.75 Å². The molecule has 106 valence electrons. The summed E-state index contributed by atoms with van der Waals surface area (Å²) in [6.45, 7) is 2.27. The van der Waals surface area contributed by atoms with Crippen LogP contribution < -0.4 is 10.6 Å². The van der Waals surface area contributed by atoms with Crippen molar-refractivity contribution in [3.63, 3.8) is 0 Å². The van der Waals surface area contributed by atoms with E-state index in [2.05, 4.69) is 4.98 Å². The van der Waals surface area contributed by atoms with Crippen LogP contribution in [0.5, 0.6) is 5.75 Å². The van der Waals surface area contributed by atoms with Crippen LogP contribution in [0.3, 0.4) is 0 Å². The maximum Gasteiger partial charge on any atom is 0.281 e. The van der Waals surface area contributed by atoms with E-state index in [1.165, 1.54) is 17.1 Å². The number of halogens is 2. The fourth-order valence-corrected chi connectivity index (χ4v) is 2.71. The highest BCUT2D eigenvalue weighted by Crippen LogP contribution is 2.34. The molecule has 1 saturated heterocycles. The number of rotatable bonds is 1. The van der Waals surface area contributed by atoms with E-state index in [0.29, 0.717) is 26.3 Å². The highest BCUT2D eigenvalue weighted by atomic mass is 35.5. The number of phenols is 1. The van der Waals surface area contributed by atoms with E-state index >= 15 is 0 Å². The Hall–Kier alpha value is -1.50. The Morgan fingerprint density at radius 1 is 1.25 bits per heavy atom. The van der Waals surface area contributed by atoms with Crippen molar-refractivity contribution in [3.05, 3.63) is 32.8 Å². The minimum atomic E-state index is -0.339. The lowest BCUT2D eigenvalue weighted by atomic mass is 10.2. The molecule has 1 aromatic carbocycles. The van der Waals surface area contributed by atoms with Crippen LogP contribution in [0.4, 0.5) is 0 Å². The normalized spacial score (nSPS) is 15.8. The van der Waals surface area contributed by atoms with Gasteiger partial charge in [-0.3, -0.25) is 4.79 Å². The van der Waals surface area contributed by atoms with Crippen LogP contribution >= 0.6 is 23.2 Å². The quantitative estimate of drug-likeness (QED) is 0.861. The molecule has 0 aliphatic carbocycles. The zero-order chi connectivity index (χ0) is 14.3. The molecule has 3 rings (SSSR count). The number of benzene rings is 1. The van der Waals surface area contributed by atoms with Crippen LogP contribution in [0.25, 0.3) is 10.9 Å². The summed E-state index contributed by atoms with van der Waals surface area (Å²) in [5.74, 6) is -0.239. The maximum absolute atomic E-state index is 12.5. The molecule has 2 heterocycles. The number of aromatic nitrogens is 2. The third-order valence-corrected chi connectivity index (χ3v) is 3.78. The van der Waals surface area contributed by atoms with Crippen LogP contribution in [0.15, 0.2) is 17.2 Å². The second kappa shape index (κ2) is 5.12. The molecule has 1 N–H and O–H groups in total. The van der Waals surface area contributed by atoms with Crippen LogP contribution in [0.1, 0.15) is 0 Å². The number of phenolic OH excluding ortho intramolecular Hbond substituents is 1. The Kier molecular flexibility index (Phi) is 3.45. The second-order valence-corrected chi connectivity index (χ2v) is 5.19. The zero-order valence-corrected chi connectivity index (χ0v) is 11.9. The van der Waals surface area contributed by atoms with Gasteiger partial charge in [-0.15, -0.1) is 0 Å². The molecule has 20 heavy (non-hydrogen) atoms. The lowest BCUT2D eigenvalue weighted by Gasteiger charge is -2.29. The fraction of sp³-hybridized carbons (Fsp3) is 0.333. The molecule has 0 bridgehead atoms. The Labute approximate surface area is 124 Å². The number of aromatic hydroxyl groups is 1. The highest BCUT2D eigenvalue weighted by molar-refractivity contribution is 6.39. The molecule has 0 spiro atoms. The van der Waals surface area contributed by atoms with Gasteiger partial charge in [0.15, 0.2) is 5.75 Å². The molecule has 0 saturated carbocycles. The molecule has 8 heteroatoms. The van der Waals surface area contributed by atoms with Crippen LogP contribution in [0, 0.1) is 0 Å². The van der Waals surface area contributed by atoms with Crippen molar-refractivity contribution >= 4 is 34.1 Å². The summed E-state index contributed by atoms with van der Waals surface area (Å²) in [4.78, 5) is 16.6. The first-order valence-electron chi connectivity index (χ1n) is 6.01. The van der Waals surface area contributed by atoms with Gasteiger partial charge in [-0.05, 0) is 6.07 Å². The standard InChI is InChI=1S/C12H11Cl2N3O3/c13-7-5-8(14)11(18)10-9(7)12(19)17(6-15-10)16-1-3-20-4-2-16/h5-6,18H,1-4H2. The van der Waals surface area contributed by atoms with E-state index in [1.54, 1.807) is 0 Å². The molecule has 0 atom stereocenters. The largest absolute Gasteiger partial charge is 0.504 e. The Morgan fingerprint density at radius 3 is 2.65 bits per heavy atom. The summed E-state index contributed by atoms with van der Waals surface area (Å²) in [5.41, 5.74) is -0.231. The van der Waals surface area contributed by atoms with Gasteiger partial charge < -0.3 is 14.9 Å². The molecule has 1 aromatic heterocycles. The van der Waals surface area contributed by atoms with Gasteiger partial charge in [-0.25, -0.2) is 9.66 Å². The molecule has 0 unspecified atom stereocenters. The van der Waals surface area contributed by atoms with E-state index in [-0.39, 0.29) is 32.3 Å². The van der Waals surface area contributed by atoms with Crippen LogP contribution in [-0.4, -0.2) is 41.1 Å². The predicted molar refractivity (Wildman–Crippen MR) is 76.5 cm³/mol. The average Bonchev–Trinajstić information content (AvgIpc) is 2.45. The zero-order valence-electron chi connectivity index (χ0n) is 10.3. The Balaban J connectivity index is 2.23. The topological polar surface area (TPSA) is 67.6 Å². The maximum atomic E-state index is 12.5. The summed E-state index contributed by atoms with van der Waals surface area (Å²) >= 11 is 11.9. The van der Waals surface area contributed by atoms with Gasteiger partial charge in [0.05, 0.1) is 41.7 Å². The number of fused-ring (bicyclic) bond motifs is 1. The summed E-state index contributed by atoms with van der Waals surface area (Å²) in [5, 5.41) is 12.1. The van der Waals surface area contributed by atoms with E-state index in [9.17, 15) is 9.90 Å². The molecule has 0 amide bonds. The van der Waals surface area contributed by atoms with Crippen LogP contribution in [0.2, 0.25) is 10.0 Å². The molecule has 0 radical (unpaired) electrons. The minimum absolute atomic E-state index is 0.0681. The third kappa shape index (κ3) is 2.09. The van der Waals surface area contributed by atoms with E-state index < -0.39 is 0 Å². The van der Waals surface area contributed by atoms with Gasteiger partial charge in [-0.1, -0.05) is 23.2 Å². The number of hydrogen-bond donors (Lipinski definition) is 1. The van der Waals surface area contributed by atoms with E-state index in [4.69, 9.17) is 27.9 Å². The fourth-order valence-electron chi connectivity index (χ4n) is 2.18. The summed E-state index contributed by atoms with van der Waals surface area (Å²) in [7, 11) is 0. The summed E-state index contributed by atoms with van der Waals surface area (Å²) in [6.07, 6.45) is 1.36. The monoisotopic (exact) mass is 315 g/mol. The number of ether oxygens (including phenoxy) is 1. The number of morpholine rings is 1. The predicted octanol–water partition coefficient (Wildman–Crippen LogP) is 1.38. The summed E-state index contributed by atoms with van der Waals surface area (Å²) < 4.78 is 6.64. The Bertz CT molecular complexity index is 726. The van der Waals surface area contributed by atoms with Crippen molar-refractivity contribution in [2.45, 2.75) is 0 Å². The van der Waals surface area contributed by atoms with E-state index in [1.807, 2.05) is 5.01 Å². The first-order valence-corrected chi connectivity index (χ1v) is 6.76. The lowest BCUT2D eigenvalue weighted by molar-refractivity contribution is 0.110. The second-order valence-electron chi connectivity index (χ2n) is 4.37. The molecular formula is C12H11Cl2N3O3. The van der Waals surface area contributed by atoms with Crippen molar-refractivity contribution in [1.29, 1.82) is 0 Å². The van der Waals surface area contributed by atoms with E-state index in [0.717, 1.165) is 0 Å². The van der Waals surface area contributed by atoms with Crippen molar-refractivity contribution < 1.29 is 9.84 Å². The van der Waals surface area contributed by atoms with Gasteiger partial charge in [0, 0.05) is 0 Å². The lowest BCUT2D eigenvalue weighted by Crippen LogP contribution is -2.48. The van der Waals surface area contributed by atoms with Gasteiger partial charge in [0.25, 0.3) is 5.56 Å². The molecule has 2 aromatic rings. The highest BCUT2D eigenvalue weighted by Gasteiger charge is 2.18. The third-order valence-electron chi connectivity index (χ3n) is 3.19. The minimum Gasteiger partial charge on any atom is -0.504 e.